The monoisotopic (exact) mass is 416 g/mol. The first-order chi connectivity index (χ1) is 13.6. The standard InChI is InChI=1S/C22H16ClF3N2O/c1-13-6-7-16(14(2)8-13)12-28-20(15-4-3-5-17(23)9-15)10-19(22(24,25)26)18(11-27)21(28)29/h3-10H,12H2,1-2H3. The van der Waals surface area contributed by atoms with Gasteiger partial charge in [-0.25, -0.2) is 0 Å². The third kappa shape index (κ3) is 4.20. The van der Waals surface area contributed by atoms with Gasteiger partial charge in [-0.3, -0.25) is 4.79 Å². The molecule has 0 aliphatic carbocycles. The second-order valence-electron chi connectivity index (χ2n) is 6.76. The molecule has 3 rings (SSSR count). The zero-order valence-electron chi connectivity index (χ0n) is 15.6. The van der Waals surface area contributed by atoms with E-state index >= 15 is 0 Å². The Kier molecular flexibility index (Phi) is 5.54. The van der Waals surface area contributed by atoms with E-state index in [1.807, 2.05) is 32.0 Å². The van der Waals surface area contributed by atoms with Crippen molar-refractivity contribution in [2.75, 3.05) is 0 Å². The first-order valence-electron chi connectivity index (χ1n) is 8.69. The molecule has 1 heterocycles. The second kappa shape index (κ2) is 7.76. The highest BCUT2D eigenvalue weighted by Crippen LogP contribution is 2.34. The molecule has 148 valence electrons. The zero-order chi connectivity index (χ0) is 21.3. The lowest BCUT2D eigenvalue weighted by atomic mass is 10.0. The topological polar surface area (TPSA) is 45.8 Å². The number of alkyl halides is 3. The van der Waals surface area contributed by atoms with E-state index in [4.69, 9.17) is 11.6 Å². The van der Waals surface area contributed by atoms with Crippen LogP contribution in [0.25, 0.3) is 11.3 Å². The van der Waals surface area contributed by atoms with Crippen molar-refractivity contribution in [2.45, 2.75) is 26.6 Å². The fourth-order valence-corrected chi connectivity index (χ4v) is 3.41. The number of aromatic nitrogens is 1. The summed E-state index contributed by atoms with van der Waals surface area (Å²) in [5.41, 5.74) is -0.0731. The van der Waals surface area contributed by atoms with Gasteiger partial charge in [0.15, 0.2) is 0 Å². The summed E-state index contributed by atoms with van der Waals surface area (Å²) < 4.78 is 41.8. The maximum Gasteiger partial charge on any atom is 0.417 e. The Morgan fingerprint density at radius 3 is 2.41 bits per heavy atom. The van der Waals surface area contributed by atoms with Crippen molar-refractivity contribution in [1.82, 2.24) is 4.57 Å². The van der Waals surface area contributed by atoms with Crippen molar-refractivity contribution in [3.05, 3.63) is 91.7 Å². The highest BCUT2D eigenvalue weighted by molar-refractivity contribution is 6.30. The molecule has 0 fully saturated rings. The Hall–Kier alpha value is -3.04. The number of hydrogen-bond acceptors (Lipinski definition) is 2. The van der Waals surface area contributed by atoms with Crippen LogP contribution in [0.15, 0.2) is 53.3 Å². The molecular weight excluding hydrogens is 401 g/mol. The number of pyridine rings is 1. The van der Waals surface area contributed by atoms with E-state index in [-0.39, 0.29) is 12.2 Å². The summed E-state index contributed by atoms with van der Waals surface area (Å²) in [6.45, 7) is 3.81. The van der Waals surface area contributed by atoms with Gasteiger partial charge in [-0.05, 0) is 48.7 Å². The summed E-state index contributed by atoms with van der Waals surface area (Å²) in [6.07, 6.45) is -4.84. The molecule has 0 saturated carbocycles. The first kappa shape index (κ1) is 20.7. The van der Waals surface area contributed by atoms with Crippen molar-refractivity contribution < 1.29 is 13.2 Å². The quantitative estimate of drug-likeness (QED) is 0.547. The molecular formula is C22H16ClF3N2O. The number of nitriles is 1. The molecule has 0 saturated heterocycles. The van der Waals surface area contributed by atoms with Gasteiger partial charge in [0.1, 0.15) is 11.6 Å². The molecule has 0 spiro atoms. The van der Waals surface area contributed by atoms with E-state index in [0.29, 0.717) is 10.6 Å². The third-order valence-electron chi connectivity index (χ3n) is 4.66. The highest BCUT2D eigenvalue weighted by Gasteiger charge is 2.36. The number of benzene rings is 2. The summed E-state index contributed by atoms with van der Waals surface area (Å²) in [5.74, 6) is 0. The van der Waals surface area contributed by atoms with Gasteiger partial charge in [0.25, 0.3) is 5.56 Å². The molecule has 0 aliphatic rings. The van der Waals surface area contributed by atoms with Crippen LogP contribution in [0.5, 0.6) is 0 Å². The molecule has 3 aromatic rings. The van der Waals surface area contributed by atoms with E-state index in [1.54, 1.807) is 18.2 Å². The van der Waals surface area contributed by atoms with Gasteiger partial charge in [0.05, 0.1) is 17.8 Å². The van der Waals surface area contributed by atoms with Crippen LogP contribution in [0.3, 0.4) is 0 Å². The third-order valence-corrected chi connectivity index (χ3v) is 4.90. The molecule has 1 aromatic heterocycles. The number of nitrogens with zero attached hydrogens (tertiary/aromatic N) is 2. The lowest BCUT2D eigenvalue weighted by molar-refractivity contribution is -0.137. The molecule has 0 radical (unpaired) electrons. The van der Waals surface area contributed by atoms with Crippen molar-refractivity contribution in [2.24, 2.45) is 0 Å². The van der Waals surface area contributed by atoms with Gasteiger partial charge in [0.2, 0.25) is 0 Å². The van der Waals surface area contributed by atoms with Crippen molar-refractivity contribution in [3.63, 3.8) is 0 Å². The largest absolute Gasteiger partial charge is 0.417 e. The van der Waals surface area contributed by atoms with E-state index < -0.39 is 22.9 Å². The summed E-state index contributed by atoms with van der Waals surface area (Å²) >= 11 is 6.02. The van der Waals surface area contributed by atoms with Crippen LogP contribution in [-0.4, -0.2) is 4.57 Å². The van der Waals surface area contributed by atoms with Gasteiger partial charge in [0, 0.05) is 5.02 Å². The molecule has 0 amide bonds. The number of hydrogen-bond donors (Lipinski definition) is 0. The first-order valence-corrected chi connectivity index (χ1v) is 9.07. The minimum Gasteiger partial charge on any atom is -0.303 e. The molecule has 0 unspecified atom stereocenters. The van der Waals surface area contributed by atoms with Crippen LogP contribution in [-0.2, 0) is 12.7 Å². The van der Waals surface area contributed by atoms with Gasteiger partial charge >= 0.3 is 6.18 Å². The van der Waals surface area contributed by atoms with Gasteiger partial charge in [-0.15, -0.1) is 0 Å². The summed E-state index contributed by atoms with van der Waals surface area (Å²) in [6, 6.07) is 14.1. The van der Waals surface area contributed by atoms with Crippen molar-refractivity contribution in [1.29, 1.82) is 5.26 Å². The predicted molar refractivity (Wildman–Crippen MR) is 106 cm³/mol. The summed E-state index contributed by atoms with van der Waals surface area (Å²) in [5, 5.41) is 9.59. The average Bonchev–Trinajstić information content (AvgIpc) is 2.64. The number of halogens is 4. The molecule has 7 heteroatoms. The van der Waals surface area contributed by atoms with Crippen LogP contribution < -0.4 is 5.56 Å². The fourth-order valence-electron chi connectivity index (χ4n) is 3.22. The molecule has 0 aliphatic heterocycles. The average molecular weight is 417 g/mol. The Morgan fingerprint density at radius 1 is 1.10 bits per heavy atom. The summed E-state index contributed by atoms with van der Waals surface area (Å²) in [7, 11) is 0. The van der Waals surface area contributed by atoms with Gasteiger partial charge in [-0.2, -0.15) is 18.4 Å². The maximum atomic E-state index is 13.5. The maximum absolute atomic E-state index is 13.5. The Balaban J connectivity index is 2.33. The minimum atomic E-state index is -4.84. The molecule has 29 heavy (non-hydrogen) atoms. The van der Waals surface area contributed by atoms with E-state index in [2.05, 4.69) is 0 Å². The highest BCUT2D eigenvalue weighted by atomic mass is 35.5. The zero-order valence-corrected chi connectivity index (χ0v) is 16.4. The fraction of sp³-hybridized carbons (Fsp3) is 0.182. The van der Waals surface area contributed by atoms with Crippen LogP contribution in [0.2, 0.25) is 5.02 Å². The van der Waals surface area contributed by atoms with Crippen LogP contribution in [0.1, 0.15) is 27.8 Å². The van der Waals surface area contributed by atoms with E-state index in [9.17, 15) is 23.2 Å². The number of rotatable bonds is 3. The van der Waals surface area contributed by atoms with Gasteiger partial charge < -0.3 is 4.57 Å². The van der Waals surface area contributed by atoms with Gasteiger partial charge in [-0.1, -0.05) is 47.5 Å². The van der Waals surface area contributed by atoms with Crippen LogP contribution >= 0.6 is 11.6 Å². The van der Waals surface area contributed by atoms with Crippen LogP contribution in [0.4, 0.5) is 13.2 Å². The van der Waals surface area contributed by atoms with Crippen molar-refractivity contribution >= 4 is 11.6 Å². The Morgan fingerprint density at radius 2 is 1.83 bits per heavy atom. The van der Waals surface area contributed by atoms with E-state index in [0.717, 1.165) is 22.8 Å². The molecule has 2 aromatic carbocycles. The molecule has 0 bridgehead atoms. The van der Waals surface area contributed by atoms with E-state index in [1.165, 1.54) is 16.7 Å². The smallest absolute Gasteiger partial charge is 0.303 e. The number of aryl methyl sites for hydroxylation is 2. The second-order valence-corrected chi connectivity index (χ2v) is 7.20. The van der Waals surface area contributed by atoms with Crippen molar-refractivity contribution in [3.8, 4) is 17.3 Å². The lowest BCUT2D eigenvalue weighted by Gasteiger charge is -2.19. The summed E-state index contributed by atoms with van der Waals surface area (Å²) in [4.78, 5) is 12.9. The molecule has 0 N–H and O–H groups in total. The Bertz CT molecular complexity index is 1190. The molecule has 0 atom stereocenters. The predicted octanol–water partition coefficient (Wildman–Crippen LogP) is 5.72. The lowest BCUT2D eigenvalue weighted by Crippen LogP contribution is -2.29. The SMILES string of the molecule is Cc1ccc(Cn2c(-c3cccc(Cl)c3)cc(C(F)(F)F)c(C#N)c2=O)c(C)c1. The molecule has 3 nitrogen and oxygen atoms in total. The normalized spacial score (nSPS) is 11.3. The Labute approximate surface area is 170 Å². The minimum absolute atomic E-state index is 0.0274. The van der Waals surface area contributed by atoms with Crippen LogP contribution in [0, 0.1) is 25.2 Å².